The van der Waals surface area contributed by atoms with E-state index in [0.717, 1.165) is 43.6 Å². The summed E-state index contributed by atoms with van der Waals surface area (Å²) in [6.07, 6.45) is 8.88. The van der Waals surface area contributed by atoms with Crippen molar-refractivity contribution in [1.29, 1.82) is 0 Å². The minimum absolute atomic E-state index is 0.0485. The number of benzene rings is 2. The molecule has 3 aliphatic rings. The fourth-order valence-electron chi connectivity index (χ4n) is 6.70. The number of methoxy groups -OCH3 is 1. The van der Waals surface area contributed by atoms with E-state index in [4.69, 9.17) is 4.74 Å². The van der Waals surface area contributed by atoms with Gasteiger partial charge in [0.25, 0.3) is 11.5 Å². The summed E-state index contributed by atoms with van der Waals surface area (Å²) in [6, 6.07) is 17.8. The van der Waals surface area contributed by atoms with Gasteiger partial charge >= 0.3 is 6.03 Å². The number of nitrogens with zero attached hydrogens (tertiary/aromatic N) is 2. The molecule has 3 aromatic rings. The highest BCUT2D eigenvalue weighted by Crippen LogP contribution is 2.39. The van der Waals surface area contributed by atoms with Crippen LogP contribution in [-0.2, 0) is 6.54 Å². The van der Waals surface area contributed by atoms with E-state index in [9.17, 15) is 14.4 Å². The summed E-state index contributed by atoms with van der Waals surface area (Å²) in [5.74, 6) is 0.988. The van der Waals surface area contributed by atoms with E-state index in [1.165, 1.54) is 18.4 Å². The molecular weight excluding hydrogens is 542 g/mol. The highest BCUT2D eigenvalue weighted by atomic mass is 16.5. The Labute approximate surface area is 251 Å². The number of fused-ring (bicyclic) bond motifs is 4. The van der Waals surface area contributed by atoms with Gasteiger partial charge in [-0.1, -0.05) is 23.8 Å². The van der Waals surface area contributed by atoms with Gasteiger partial charge in [-0.05, 0) is 80.8 Å². The Bertz CT molecular complexity index is 1600. The number of ether oxygens (including phenoxy) is 1. The zero-order valence-electron chi connectivity index (χ0n) is 24.6. The number of rotatable bonds is 8. The molecule has 0 radical (unpaired) electrons. The zero-order valence-corrected chi connectivity index (χ0v) is 24.6. The SMILES string of the molecule is COc1cccc(NC(=O)Nc2cc(C(=O)NCCC3=CCCCC3)ccc2N2CC3CC(C2)c2cccc(=O)n2C3)c1. The van der Waals surface area contributed by atoms with Crippen LogP contribution in [0.25, 0.3) is 0 Å². The Balaban J connectivity index is 1.23. The number of anilines is 3. The van der Waals surface area contributed by atoms with Crippen LogP contribution in [-0.4, -0.2) is 43.2 Å². The first-order valence-corrected chi connectivity index (χ1v) is 15.2. The van der Waals surface area contributed by atoms with E-state index < -0.39 is 6.03 Å². The second-order valence-corrected chi connectivity index (χ2v) is 11.8. The van der Waals surface area contributed by atoms with Crippen LogP contribution in [0.2, 0.25) is 0 Å². The van der Waals surface area contributed by atoms with E-state index in [1.807, 2.05) is 41.0 Å². The van der Waals surface area contributed by atoms with E-state index in [0.29, 0.717) is 48.2 Å². The number of carbonyl (C=O) groups excluding carboxylic acids is 2. The second-order valence-electron chi connectivity index (χ2n) is 11.8. The first kappa shape index (κ1) is 28.6. The monoisotopic (exact) mass is 581 g/mol. The van der Waals surface area contributed by atoms with Crippen molar-refractivity contribution in [2.75, 3.05) is 42.3 Å². The molecule has 0 saturated carbocycles. The molecule has 2 aromatic carbocycles. The molecular formula is C34H39N5O4. The predicted octanol–water partition coefficient (Wildman–Crippen LogP) is 5.74. The molecule has 2 unspecified atom stereocenters. The standard InChI is InChI=1S/C34H39N5O4/c1-43-28-10-5-9-27(19-28)36-34(42)37-29-18-25(33(41)35-16-15-23-7-3-2-4-8-23)13-14-31(29)38-20-24-17-26(22-38)30-11-6-12-32(40)39(30)21-24/h5-7,9-14,18-19,24,26H,2-4,8,15-17,20-22H2,1H3,(H,35,41)(H2,36,37,42). The number of nitrogens with one attached hydrogen (secondary N) is 3. The quantitative estimate of drug-likeness (QED) is 0.294. The molecule has 224 valence electrons. The average molecular weight is 582 g/mol. The molecule has 3 heterocycles. The van der Waals surface area contributed by atoms with Crippen LogP contribution in [0.3, 0.4) is 0 Å². The molecule has 2 aliphatic heterocycles. The number of hydrogen-bond acceptors (Lipinski definition) is 5. The third-order valence-electron chi connectivity index (χ3n) is 8.77. The lowest BCUT2D eigenvalue weighted by Gasteiger charge is -2.44. The van der Waals surface area contributed by atoms with Gasteiger partial charge in [-0.25, -0.2) is 4.79 Å². The molecule has 1 saturated heterocycles. The van der Waals surface area contributed by atoms with Crippen molar-refractivity contribution in [3.05, 3.63) is 93.9 Å². The third-order valence-corrected chi connectivity index (χ3v) is 8.77. The van der Waals surface area contributed by atoms with Crippen molar-refractivity contribution in [2.24, 2.45) is 5.92 Å². The predicted molar refractivity (Wildman–Crippen MR) is 169 cm³/mol. The minimum atomic E-state index is -0.412. The van der Waals surface area contributed by atoms with Crippen molar-refractivity contribution in [1.82, 2.24) is 9.88 Å². The van der Waals surface area contributed by atoms with Gasteiger partial charge in [0, 0.05) is 61.2 Å². The molecule has 9 heteroatoms. The normalized spacial score (nSPS) is 19.1. The van der Waals surface area contributed by atoms with Crippen LogP contribution in [0, 0.1) is 5.92 Å². The molecule has 1 fully saturated rings. The molecule has 2 bridgehead atoms. The lowest BCUT2D eigenvalue weighted by molar-refractivity contribution is 0.0954. The van der Waals surface area contributed by atoms with E-state index in [-0.39, 0.29) is 17.4 Å². The molecule has 3 amide bonds. The molecule has 43 heavy (non-hydrogen) atoms. The maximum absolute atomic E-state index is 13.2. The number of carbonyl (C=O) groups is 2. The molecule has 1 aromatic heterocycles. The highest BCUT2D eigenvalue weighted by Gasteiger charge is 2.35. The van der Waals surface area contributed by atoms with Crippen molar-refractivity contribution < 1.29 is 14.3 Å². The van der Waals surface area contributed by atoms with Gasteiger partial charge in [0.05, 0.1) is 18.5 Å². The zero-order chi connectivity index (χ0) is 29.8. The fourth-order valence-corrected chi connectivity index (χ4v) is 6.70. The number of urea groups is 1. The van der Waals surface area contributed by atoms with Gasteiger partial charge < -0.3 is 30.2 Å². The Hall–Kier alpha value is -4.53. The molecule has 2 atom stereocenters. The van der Waals surface area contributed by atoms with Gasteiger partial charge in [-0.15, -0.1) is 0 Å². The average Bonchev–Trinajstić information content (AvgIpc) is 3.02. The number of aromatic nitrogens is 1. The molecule has 3 N–H and O–H groups in total. The summed E-state index contributed by atoms with van der Waals surface area (Å²) in [5.41, 5.74) is 5.03. The summed E-state index contributed by atoms with van der Waals surface area (Å²) in [7, 11) is 1.58. The Morgan fingerprint density at radius 2 is 1.86 bits per heavy atom. The number of allylic oxidation sites excluding steroid dienone is 1. The highest BCUT2D eigenvalue weighted by molar-refractivity contribution is 6.04. The summed E-state index contributed by atoms with van der Waals surface area (Å²) in [4.78, 5) is 41.2. The van der Waals surface area contributed by atoms with Crippen LogP contribution >= 0.6 is 0 Å². The van der Waals surface area contributed by atoms with Gasteiger partial charge in [0.2, 0.25) is 0 Å². The van der Waals surface area contributed by atoms with Gasteiger partial charge in [0.1, 0.15) is 5.75 Å². The lowest BCUT2D eigenvalue weighted by atomic mass is 9.83. The molecule has 0 spiro atoms. The summed E-state index contributed by atoms with van der Waals surface area (Å²) in [5, 5.41) is 8.95. The largest absolute Gasteiger partial charge is 0.497 e. The van der Waals surface area contributed by atoms with Crippen LogP contribution in [0.1, 0.15) is 60.5 Å². The molecule has 9 nitrogen and oxygen atoms in total. The van der Waals surface area contributed by atoms with Crippen molar-refractivity contribution >= 4 is 29.0 Å². The first-order chi connectivity index (χ1) is 21.0. The maximum atomic E-state index is 13.2. The number of pyridine rings is 1. The fraction of sp³-hybridized carbons (Fsp3) is 0.382. The lowest BCUT2D eigenvalue weighted by Crippen LogP contribution is -2.47. The van der Waals surface area contributed by atoms with Gasteiger partial charge in [0.15, 0.2) is 0 Å². The van der Waals surface area contributed by atoms with Crippen LogP contribution in [0.4, 0.5) is 21.9 Å². The van der Waals surface area contributed by atoms with Crippen molar-refractivity contribution in [3.63, 3.8) is 0 Å². The van der Waals surface area contributed by atoms with Crippen LogP contribution < -0.4 is 31.1 Å². The van der Waals surface area contributed by atoms with E-state index in [2.05, 4.69) is 26.9 Å². The van der Waals surface area contributed by atoms with E-state index >= 15 is 0 Å². The van der Waals surface area contributed by atoms with Gasteiger partial charge in [-0.2, -0.15) is 0 Å². The van der Waals surface area contributed by atoms with Crippen molar-refractivity contribution in [2.45, 2.75) is 51.0 Å². The van der Waals surface area contributed by atoms with Crippen LogP contribution in [0.15, 0.2) is 77.1 Å². The molecule has 1 aliphatic carbocycles. The maximum Gasteiger partial charge on any atom is 0.323 e. The Morgan fingerprint density at radius 3 is 2.70 bits per heavy atom. The van der Waals surface area contributed by atoms with Gasteiger partial charge in [-0.3, -0.25) is 9.59 Å². The summed E-state index contributed by atoms with van der Waals surface area (Å²) >= 11 is 0. The molecule has 6 rings (SSSR count). The number of piperidine rings is 1. The smallest absolute Gasteiger partial charge is 0.323 e. The number of amides is 3. The Kier molecular flexibility index (Phi) is 8.49. The number of hydrogen-bond donors (Lipinski definition) is 3. The second kappa shape index (κ2) is 12.8. The first-order valence-electron chi connectivity index (χ1n) is 15.2. The van der Waals surface area contributed by atoms with Crippen LogP contribution in [0.5, 0.6) is 5.75 Å². The van der Waals surface area contributed by atoms with Crippen molar-refractivity contribution in [3.8, 4) is 5.75 Å². The Morgan fingerprint density at radius 1 is 0.977 bits per heavy atom. The minimum Gasteiger partial charge on any atom is -0.497 e. The summed E-state index contributed by atoms with van der Waals surface area (Å²) < 4.78 is 7.20. The third kappa shape index (κ3) is 6.61. The summed E-state index contributed by atoms with van der Waals surface area (Å²) in [6.45, 7) is 2.73. The van der Waals surface area contributed by atoms with E-state index in [1.54, 1.807) is 31.4 Å². The topological polar surface area (TPSA) is 105 Å².